The van der Waals surface area contributed by atoms with E-state index in [-0.39, 0.29) is 34.8 Å². The van der Waals surface area contributed by atoms with Gasteiger partial charge >= 0.3 is 0 Å². The number of hydrogen-bond donors (Lipinski definition) is 2. The molecular formula is C30H25FN4O5S. The molecule has 0 atom stereocenters. The quantitative estimate of drug-likeness (QED) is 0.290. The Balaban J connectivity index is 1.59. The summed E-state index contributed by atoms with van der Waals surface area (Å²) < 4.78 is 38.5. The molecule has 0 saturated carbocycles. The lowest BCUT2D eigenvalue weighted by Crippen LogP contribution is -2.33. The Morgan fingerprint density at radius 2 is 1.68 bits per heavy atom. The van der Waals surface area contributed by atoms with Crippen LogP contribution in [0, 0.1) is 5.82 Å². The summed E-state index contributed by atoms with van der Waals surface area (Å²) in [5.74, 6) is -1.69. The molecule has 1 amide bonds. The van der Waals surface area contributed by atoms with Crippen molar-refractivity contribution < 1.29 is 22.7 Å². The summed E-state index contributed by atoms with van der Waals surface area (Å²) in [4.78, 5) is 35.5. The Morgan fingerprint density at radius 3 is 2.34 bits per heavy atom. The van der Waals surface area contributed by atoms with Crippen molar-refractivity contribution in [3.63, 3.8) is 0 Å². The van der Waals surface area contributed by atoms with Gasteiger partial charge in [-0.3, -0.25) is 19.6 Å². The van der Waals surface area contributed by atoms with E-state index in [1.807, 2.05) is 0 Å². The van der Waals surface area contributed by atoms with E-state index in [0.717, 1.165) is 11.8 Å². The maximum absolute atomic E-state index is 13.8. The zero-order valence-corrected chi connectivity index (χ0v) is 22.7. The van der Waals surface area contributed by atoms with Crippen LogP contribution in [-0.2, 0) is 29.3 Å². The zero-order chi connectivity index (χ0) is 29.1. The Hall–Kier alpha value is -4.90. The Labute approximate surface area is 234 Å². The molecule has 9 nitrogen and oxygen atoms in total. The Morgan fingerprint density at radius 1 is 0.976 bits per heavy atom. The third-order valence-electron chi connectivity index (χ3n) is 6.55. The van der Waals surface area contributed by atoms with Crippen LogP contribution in [0.2, 0.25) is 0 Å². The SMILES string of the molecule is CS(=O)(=O)c1ccc(Cn2c(=O)c(C(=O)NCc3cccnc3)c(O)c3ncc(Cc4ccc(F)cc4)cc32)cc1. The van der Waals surface area contributed by atoms with E-state index in [4.69, 9.17) is 0 Å². The van der Waals surface area contributed by atoms with Crippen LogP contribution in [0.3, 0.4) is 0 Å². The van der Waals surface area contributed by atoms with Crippen LogP contribution in [0.4, 0.5) is 4.39 Å². The summed E-state index contributed by atoms with van der Waals surface area (Å²) in [5, 5.41) is 13.7. The summed E-state index contributed by atoms with van der Waals surface area (Å²) in [5.41, 5.74) is 1.92. The predicted octanol–water partition coefficient (Wildman–Crippen LogP) is 3.61. The number of carbonyl (C=O) groups excluding carboxylic acids is 1. The number of pyridine rings is 3. The number of benzene rings is 2. The first kappa shape index (κ1) is 27.7. The lowest BCUT2D eigenvalue weighted by atomic mass is 10.0. The molecule has 0 spiro atoms. The number of halogens is 1. The fraction of sp³-hybridized carbons (Fsp3) is 0.133. The summed E-state index contributed by atoms with van der Waals surface area (Å²) in [7, 11) is -3.42. The molecule has 208 valence electrons. The largest absolute Gasteiger partial charge is 0.505 e. The number of amides is 1. The molecule has 0 fully saturated rings. The molecule has 3 heterocycles. The van der Waals surface area contributed by atoms with Gasteiger partial charge in [0.15, 0.2) is 15.6 Å². The number of carbonyl (C=O) groups is 1. The van der Waals surface area contributed by atoms with Gasteiger partial charge in [0.1, 0.15) is 16.9 Å². The summed E-state index contributed by atoms with van der Waals surface area (Å²) >= 11 is 0. The van der Waals surface area contributed by atoms with E-state index in [2.05, 4.69) is 15.3 Å². The highest BCUT2D eigenvalue weighted by Crippen LogP contribution is 2.27. The van der Waals surface area contributed by atoms with Gasteiger partial charge in [-0.1, -0.05) is 30.3 Å². The third-order valence-corrected chi connectivity index (χ3v) is 7.68. The highest BCUT2D eigenvalue weighted by Gasteiger charge is 2.24. The molecular weight excluding hydrogens is 547 g/mol. The molecule has 0 radical (unpaired) electrons. The summed E-state index contributed by atoms with van der Waals surface area (Å²) in [6, 6.07) is 17.2. The van der Waals surface area contributed by atoms with Gasteiger partial charge in [0.2, 0.25) is 0 Å². The van der Waals surface area contributed by atoms with Gasteiger partial charge in [0.05, 0.1) is 17.0 Å². The lowest BCUT2D eigenvalue weighted by Gasteiger charge is -2.16. The molecule has 11 heteroatoms. The highest BCUT2D eigenvalue weighted by atomic mass is 32.2. The van der Waals surface area contributed by atoms with Gasteiger partial charge in [-0.2, -0.15) is 0 Å². The number of hydrogen-bond acceptors (Lipinski definition) is 7. The number of aromatic hydroxyl groups is 1. The normalized spacial score (nSPS) is 11.5. The van der Waals surface area contributed by atoms with Crippen molar-refractivity contribution in [2.45, 2.75) is 24.4 Å². The van der Waals surface area contributed by atoms with E-state index in [1.165, 1.54) is 35.0 Å². The van der Waals surface area contributed by atoms with Crippen molar-refractivity contribution in [3.05, 3.63) is 129 Å². The van der Waals surface area contributed by atoms with Crippen LogP contribution in [0.15, 0.2) is 95.0 Å². The van der Waals surface area contributed by atoms with Crippen LogP contribution >= 0.6 is 0 Å². The minimum absolute atomic E-state index is 0.0236. The van der Waals surface area contributed by atoms with Crippen LogP contribution in [0.1, 0.15) is 32.6 Å². The summed E-state index contributed by atoms with van der Waals surface area (Å²) in [6.45, 7) is 0.0603. The van der Waals surface area contributed by atoms with Crippen molar-refractivity contribution in [3.8, 4) is 5.75 Å². The third kappa shape index (κ3) is 6.15. The van der Waals surface area contributed by atoms with Gasteiger partial charge in [0.25, 0.3) is 11.5 Å². The average Bonchev–Trinajstić information content (AvgIpc) is 2.96. The maximum atomic E-state index is 13.8. The minimum Gasteiger partial charge on any atom is -0.505 e. The molecule has 0 unspecified atom stereocenters. The van der Waals surface area contributed by atoms with Gasteiger partial charge in [-0.25, -0.2) is 12.8 Å². The van der Waals surface area contributed by atoms with E-state index in [9.17, 15) is 27.5 Å². The second-order valence-corrected chi connectivity index (χ2v) is 11.6. The van der Waals surface area contributed by atoms with Crippen LogP contribution in [0.5, 0.6) is 5.75 Å². The molecule has 2 N–H and O–H groups in total. The average molecular weight is 573 g/mol. The van der Waals surface area contributed by atoms with Crippen molar-refractivity contribution in [1.29, 1.82) is 0 Å². The van der Waals surface area contributed by atoms with Crippen molar-refractivity contribution in [2.24, 2.45) is 0 Å². The first-order valence-corrected chi connectivity index (χ1v) is 14.4. The molecule has 41 heavy (non-hydrogen) atoms. The standard InChI is InChI=1S/C30H25FN4O5S/c1-41(39,40)24-10-6-20(7-11-24)18-35-25-14-22(13-19-4-8-23(31)9-5-19)17-33-27(25)28(36)26(30(35)38)29(37)34-16-21-3-2-12-32-15-21/h2-12,14-15,17,36H,13,16,18H2,1H3,(H,34,37). The highest BCUT2D eigenvalue weighted by molar-refractivity contribution is 7.90. The van der Waals surface area contributed by atoms with Crippen LogP contribution in [0.25, 0.3) is 11.0 Å². The number of rotatable bonds is 8. The van der Waals surface area contributed by atoms with Crippen molar-refractivity contribution in [2.75, 3.05) is 6.26 Å². The van der Waals surface area contributed by atoms with Crippen LogP contribution < -0.4 is 10.9 Å². The molecule has 5 aromatic rings. The number of nitrogens with zero attached hydrogens (tertiary/aromatic N) is 3. The van der Waals surface area contributed by atoms with E-state index in [1.54, 1.807) is 54.9 Å². The zero-order valence-electron chi connectivity index (χ0n) is 21.9. The number of nitrogens with one attached hydrogen (secondary N) is 1. The van der Waals surface area contributed by atoms with Gasteiger partial charge in [-0.15, -0.1) is 0 Å². The Bertz CT molecular complexity index is 1910. The van der Waals surface area contributed by atoms with Crippen molar-refractivity contribution >= 4 is 26.8 Å². The molecule has 0 aliphatic heterocycles. The molecule has 5 rings (SSSR count). The number of aromatic nitrogens is 3. The second-order valence-electron chi connectivity index (χ2n) is 9.59. The topological polar surface area (TPSA) is 131 Å². The maximum Gasteiger partial charge on any atom is 0.268 e. The fourth-order valence-corrected chi connectivity index (χ4v) is 5.07. The number of fused-ring (bicyclic) bond motifs is 1. The van der Waals surface area contributed by atoms with E-state index in [0.29, 0.717) is 23.1 Å². The molecule has 0 aliphatic rings. The number of sulfone groups is 1. The monoisotopic (exact) mass is 572 g/mol. The Kier molecular flexibility index (Phi) is 7.62. The smallest absolute Gasteiger partial charge is 0.268 e. The van der Waals surface area contributed by atoms with Crippen molar-refractivity contribution in [1.82, 2.24) is 19.9 Å². The fourth-order valence-electron chi connectivity index (χ4n) is 4.44. The van der Waals surface area contributed by atoms with Crippen LogP contribution in [-0.4, -0.2) is 40.2 Å². The molecule has 0 bridgehead atoms. The van der Waals surface area contributed by atoms with Gasteiger partial charge in [-0.05, 0) is 65.1 Å². The first-order chi connectivity index (χ1) is 19.6. The molecule has 0 aliphatic carbocycles. The molecule has 3 aromatic heterocycles. The second kappa shape index (κ2) is 11.3. The predicted molar refractivity (Wildman–Crippen MR) is 151 cm³/mol. The molecule has 2 aromatic carbocycles. The first-order valence-electron chi connectivity index (χ1n) is 12.5. The van der Waals surface area contributed by atoms with Gasteiger partial charge in [0, 0.05) is 31.4 Å². The van der Waals surface area contributed by atoms with Gasteiger partial charge < -0.3 is 15.0 Å². The summed E-state index contributed by atoms with van der Waals surface area (Å²) in [6.07, 6.45) is 6.18. The van der Waals surface area contributed by atoms with E-state index < -0.39 is 32.6 Å². The lowest BCUT2D eigenvalue weighted by molar-refractivity contribution is 0.0946. The van der Waals surface area contributed by atoms with E-state index >= 15 is 0 Å². The minimum atomic E-state index is -3.42. The molecule has 0 saturated heterocycles.